The molecule has 0 saturated carbocycles. The molecule has 0 radical (unpaired) electrons. The predicted octanol–water partition coefficient (Wildman–Crippen LogP) is 7.41. The van der Waals surface area contributed by atoms with Crippen LogP contribution in [0.5, 0.6) is 17.2 Å². The number of aliphatic hydroxyl groups is 1. The fraction of sp³-hybridized carbons (Fsp3) is 0.355. The number of nitrogens with zero attached hydrogens (tertiary/aromatic N) is 1. The first-order chi connectivity index (χ1) is 17.1. The van der Waals surface area contributed by atoms with E-state index in [9.17, 15) is 5.11 Å². The number of ether oxygens (including phenoxy) is 2. The molecule has 1 atom stereocenters. The first-order valence-electron chi connectivity index (χ1n) is 12.8. The molecule has 35 heavy (non-hydrogen) atoms. The van der Waals surface area contributed by atoms with Crippen molar-refractivity contribution in [3.8, 4) is 28.4 Å². The van der Waals surface area contributed by atoms with Gasteiger partial charge in [-0.25, -0.2) is 0 Å². The number of hydrogen-bond acceptors (Lipinski definition) is 4. The zero-order valence-corrected chi connectivity index (χ0v) is 20.8. The minimum absolute atomic E-state index is 0.0637. The minimum atomic E-state index is 0.0637. The Labute approximate surface area is 208 Å². The van der Waals surface area contributed by atoms with Crippen molar-refractivity contribution in [3.05, 3.63) is 83.1 Å². The smallest absolute Gasteiger partial charge is 0.139 e. The third-order valence-corrected chi connectivity index (χ3v) is 7.15. The second-order valence-corrected chi connectivity index (χ2v) is 9.87. The molecule has 5 rings (SSSR count). The standard InChI is InChI=1S/C31H35NO3/c1-22-6-8-24(9-7-22)28-15-10-25-21-30(33)23(2)20-29(25)31(28)35-27-13-11-26(12-14-27)34-19-18-32-16-4-3-5-17-32/h6-15,21,23,33H,3-5,16-20H2,1-2H3. The average Bonchev–Trinajstić information content (AvgIpc) is 2.88. The fourth-order valence-electron chi connectivity index (χ4n) is 4.98. The summed E-state index contributed by atoms with van der Waals surface area (Å²) in [5, 5.41) is 10.3. The van der Waals surface area contributed by atoms with Crippen LogP contribution in [-0.4, -0.2) is 36.2 Å². The van der Waals surface area contributed by atoms with Crippen molar-refractivity contribution in [3.63, 3.8) is 0 Å². The summed E-state index contributed by atoms with van der Waals surface area (Å²) in [6, 6.07) is 20.6. The highest BCUT2D eigenvalue weighted by Crippen LogP contribution is 2.42. The Bertz CT molecular complexity index is 1180. The van der Waals surface area contributed by atoms with Gasteiger partial charge in [0.15, 0.2) is 0 Å². The SMILES string of the molecule is Cc1ccc(-c2ccc3c(c2Oc2ccc(OCCN4CCCCC4)cc2)CC(C)C(O)=C3)cc1. The van der Waals surface area contributed by atoms with Gasteiger partial charge in [0.1, 0.15) is 23.9 Å². The summed E-state index contributed by atoms with van der Waals surface area (Å²) in [6.07, 6.45) is 6.56. The quantitative estimate of drug-likeness (QED) is 0.391. The van der Waals surface area contributed by atoms with E-state index in [1.807, 2.05) is 37.3 Å². The van der Waals surface area contributed by atoms with E-state index in [0.717, 1.165) is 52.5 Å². The van der Waals surface area contributed by atoms with Crippen LogP contribution in [0.4, 0.5) is 0 Å². The molecule has 0 spiro atoms. The van der Waals surface area contributed by atoms with Crippen LogP contribution in [0.15, 0.2) is 66.4 Å². The number of allylic oxidation sites excluding steroid dienone is 1. The van der Waals surface area contributed by atoms with Crippen LogP contribution in [0, 0.1) is 12.8 Å². The Hall–Kier alpha value is -3.24. The van der Waals surface area contributed by atoms with Crippen molar-refractivity contribution in [2.24, 2.45) is 5.92 Å². The molecule has 1 fully saturated rings. The molecular weight excluding hydrogens is 434 g/mol. The van der Waals surface area contributed by atoms with Crippen molar-refractivity contribution in [1.82, 2.24) is 4.90 Å². The summed E-state index contributed by atoms with van der Waals surface area (Å²) < 4.78 is 12.6. The lowest BCUT2D eigenvalue weighted by Gasteiger charge is -2.26. The second-order valence-electron chi connectivity index (χ2n) is 9.87. The number of rotatable bonds is 7. The monoisotopic (exact) mass is 469 g/mol. The van der Waals surface area contributed by atoms with E-state index in [-0.39, 0.29) is 5.92 Å². The molecule has 1 N–H and O–H groups in total. The molecule has 1 aliphatic carbocycles. The summed E-state index contributed by atoms with van der Waals surface area (Å²) in [5.41, 5.74) is 5.57. The van der Waals surface area contributed by atoms with E-state index < -0.39 is 0 Å². The Morgan fingerprint density at radius 3 is 2.34 bits per heavy atom. The van der Waals surface area contributed by atoms with Gasteiger partial charge in [0.25, 0.3) is 0 Å². The van der Waals surface area contributed by atoms with Crippen LogP contribution in [0.25, 0.3) is 17.2 Å². The lowest BCUT2D eigenvalue weighted by Crippen LogP contribution is -2.33. The van der Waals surface area contributed by atoms with Crippen molar-refractivity contribution in [2.45, 2.75) is 39.5 Å². The highest BCUT2D eigenvalue weighted by molar-refractivity contribution is 5.77. The summed E-state index contributed by atoms with van der Waals surface area (Å²) in [7, 11) is 0. The molecule has 4 nitrogen and oxygen atoms in total. The summed E-state index contributed by atoms with van der Waals surface area (Å²) in [5.74, 6) is 3.00. The maximum atomic E-state index is 10.3. The number of aliphatic hydroxyl groups excluding tert-OH is 1. The van der Waals surface area contributed by atoms with Crippen molar-refractivity contribution in [1.29, 1.82) is 0 Å². The number of likely N-dealkylation sites (tertiary alicyclic amines) is 1. The third-order valence-electron chi connectivity index (χ3n) is 7.15. The van der Waals surface area contributed by atoms with Crippen LogP contribution >= 0.6 is 0 Å². The number of benzene rings is 3. The first-order valence-corrected chi connectivity index (χ1v) is 12.8. The Balaban J connectivity index is 1.36. The normalized spacial score (nSPS) is 18.0. The topological polar surface area (TPSA) is 41.9 Å². The number of piperidine rings is 1. The fourth-order valence-corrected chi connectivity index (χ4v) is 4.98. The summed E-state index contributed by atoms with van der Waals surface area (Å²) in [4.78, 5) is 2.49. The summed E-state index contributed by atoms with van der Waals surface area (Å²) >= 11 is 0. The highest BCUT2D eigenvalue weighted by Gasteiger charge is 2.24. The Morgan fingerprint density at radius 2 is 1.60 bits per heavy atom. The lowest BCUT2D eigenvalue weighted by atomic mass is 9.86. The second kappa shape index (κ2) is 10.6. The van der Waals surface area contributed by atoms with E-state index in [2.05, 4.69) is 48.2 Å². The molecular formula is C31H35NO3. The van der Waals surface area contributed by atoms with Crippen LogP contribution in [0.2, 0.25) is 0 Å². The molecule has 1 saturated heterocycles. The average molecular weight is 470 g/mol. The van der Waals surface area contributed by atoms with E-state index >= 15 is 0 Å². The molecule has 0 bridgehead atoms. The number of hydrogen-bond donors (Lipinski definition) is 1. The van der Waals surface area contributed by atoms with Crippen LogP contribution in [0.1, 0.15) is 42.9 Å². The van der Waals surface area contributed by atoms with Crippen molar-refractivity contribution >= 4 is 6.08 Å². The molecule has 1 unspecified atom stereocenters. The highest BCUT2D eigenvalue weighted by atomic mass is 16.5. The molecule has 4 heteroatoms. The van der Waals surface area contributed by atoms with Gasteiger partial charge in [-0.05, 0) is 80.7 Å². The molecule has 3 aromatic carbocycles. The van der Waals surface area contributed by atoms with Gasteiger partial charge in [0.05, 0.1) is 5.76 Å². The summed E-state index contributed by atoms with van der Waals surface area (Å²) in [6.45, 7) is 8.20. The van der Waals surface area contributed by atoms with E-state index in [1.165, 1.54) is 37.9 Å². The van der Waals surface area contributed by atoms with Crippen molar-refractivity contribution < 1.29 is 14.6 Å². The zero-order valence-electron chi connectivity index (χ0n) is 20.8. The van der Waals surface area contributed by atoms with Gasteiger partial charge in [-0.1, -0.05) is 55.3 Å². The largest absolute Gasteiger partial charge is 0.512 e. The third kappa shape index (κ3) is 5.54. The van der Waals surface area contributed by atoms with Gasteiger partial charge in [0, 0.05) is 23.6 Å². The minimum Gasteiger partial charge on any atom is -0.512 e. The van der Waals surface area contributed by atoms with E-state index in [0.29, 0.717) is 12.4 Å². The molecule has 1 aliphatic heterocycles. The molecule has 1 heterocycles. The Morgan fingerprint density at radius 1 is 0.886 bits per heavy atom. The molecule has 2 aliphatic rings. The van der Waals surface area contributed by atoms with E-state index in [1.54, 1.807) is 0 Å². The molecule has 3 aromatic rings. The predicted molar refractivity (Wildman–Crippen MR) is 142 cm³/mol. The van der Waals surface area contributed by atoms with Crippen LogP contribution in [0.3, 0.4) is 0 Å². The maximum absolute atomic E-state index is 10.3. The van der Waals surface area contributed by atoms with Gasteiger partial charge < -0.3 is 14.6 Å². The van der Waals surface area contributed by atoms with Gasteiger partial charge in [-0.2, -0.15) is 0 Å². The van der Waals surface area contributed by atoms with Crippen LogP contribution in [-0.2, 0) is 6.42 Å². The molecule has 0 amide bonds. The van der Waals surface area contributed by atoms with Gasteiger partial charge in [0.2, 0.25) is 0 Å². The van der Waals surface area contributed by atoms with E-state index in [4.69, 9.17) is 9.47 Å². The first kappa shape index (κ1) is 23.5. The molecule has 182 valence electrons. The Kier molecular flexibility index (Phi) is 7.10. The lowest BCUT2D eigenvalue weighted by molar-refractivity contribution is 0.183. The molecule has 0 aromatic heterocycles. The zero-order chi connectivity index (χ0) is 24.2. The van der Waals surface area contributed by atoms with Gasteiger partial charge in [-0.15, -0.1) is 0 Å². The van der Waals surface area contributed by atoms with Crippen LogP contribution < -0.4 is 9.47 Å². The van der Waals surface area contributed by atoms with Crippen molar-refractivity contribution in [2.75, 3.05) is 26.2 Å². The van der Waals surface area contributed by atoms with Gasteiger partial charge >= 0.3 is 0 Å². The number of fused-ring (bicyclic) bond motifs is 1. The number of aryl methyl sites for hydroxylation is 1. The maximum Gasteiger partial charge on any atom is 0.139 e. The van der Waals surface area contributed by atoms with Gasteiger partial charge in [-0.3, -0.25) is 4.90 Å².